The number of para-hydroxylation sites is 1. The molecule has 1 aromatic carbocycles. The van der Waals surface area contributed by atoms with E-state index in [4.69, 9.17) is 9.47 Å². The van der Waals surface area contributed by atoms with E-state index in [9.17, 15) is 9.59 Å². The molecule has 5 nitrogen and oxygen atoms in total. The van der Waals surface area contributed by atoms with Crippen LogP contribution in [0.2, 0.25) is 0 Å². The third-order valence-electron chi connectivity index (χ3n) is 2.25. The van der Waals surface area contributed by atoms with Crippen LogP contribution in [0.3, 0.4) is 0 Å². The monoisotopic (exact) mass is 279 g/mol. The van der Waals surface area contributed by atoms with E-state index < -0.39 is 17.6 Å². The zero-order chi connectivity index (χ0) is 15.2. The molecule has 0 bridgehead atoms. The summed E-state index contributed by atoms with van der Waals surface area (Å²) in [6, 6.07) is 8.29. The average molecular weight is 279 g/mol. The van der Waals surface area contributed by atoms with Crippen molar-refractivity contribution in [3.05, 3.63) is 30.3 Å². The number of esters is 1. The molecule has 0 aliphatic rings. The first-order chi connectivity index (χ1) is 9.28. The highest BCUT2D eigenvalue weighted by Crippen LogP contribution is 2.09. The van der Waals surface area contributed by atoms with Crippen LogP contribution in [0.5, 0.6) is 5.75 Å². The Morgan fingerprint density at radius 2 is 1.80 bits per heavy atom. The van der Waals surface area contributed by atoms with Gasteiger partial charge in [-0.3, -0.25) is 4.79 Å². The second kappa shape index (κ2) is 6.93. The maximum Gasteiger partial charge on any atom is 0.328 e. The van der Waals surface area contributed by atoms with Gasteiger partial charge in [0.1, 0.15) is 17.4 Å². The molecule has 0 aliphatic heterocycles. The van der Waals surface area contributed by atoms with Gasteiger partial charge in [0.2, 0.25) is 0 Å². The number of hydrogen-bond acceptors (Lipinski definition) is 4. The van der Waals surface area contributed by atoms with E-state index in [1.165, 1.54) is 0 Å². The van der Waals surface area contributed by atoms with Crippen molar-refractivity contribution < 1.29 is 19.1 Å². The maximum absolute atomic E-state index is 11.7. The molecule has 1 rings (SSSR count). The molecule has 20 heavy (non-hydrogen) atoms. The zero-order valence-corrected chi connectivity index (χ0v) is 12.3. The number of hydrogen-bond donors (Lipinski definition) is 1. The van der Waals surface area contributed by atoms with Gasteiger partial charge in [-0.25, -0.2) is 4.79 Å². The summed E-state index contributed by atoms with van der Waals surface area (Å²) >= 11 is 0. The first-order valence-corrected chi connectivity index (χ1v) is 6.48. The topological polar surface area (TPSA) is 64.6 Å². The lowest BCUT2D eigenvalue weighted by Crippen LogP contribution is -2.43. The van der Waals surface area contributed by atoms with Gasteiger partial charge < -0.3 is 14.8 Å². The van der Waals surface area contributed by atoms with Crippen LogP contribution < -0.4 is 10.1 Å². The lowest BCUT2D eigenvalue weighted by molar-refractivity contribution is -0.158. The summed E-state index contributed by atoms with van der Waals surface area (Å²) in [5.74, 6) is -0.231. The minimum Gasteiger partial charge on any atom is -0.484 e. The molecule has 0 fully saturated rings. The van der Waals surface area contributed by atoms with E-state index in [1.54, 1.807) is 39.8 Å². The lowest BCUT2D eigenvalue weighted by atomic mass is 10.2. The summed E-state index contributed by atoms with van der Waals surface area (Å²) < 4.78 is 10.5. The number of amides is 1. The fourth-order valence-corrected chi connectivity index (χ4v) is 1.40. The Labute approximate surface area is 119 Å². The summed E-state index contributed by atoms with van der Waals surface area (Å²) in [6.45, 7) is 6.76. The van der Waals surface area contributed by atoms with Crippen LogP contribution >= 0.6 is 0 Å². The van der Waals surface area contributed by atoms with E-state index in [0.29, 0.717) is 5.75 Å². The normalized spacial score (nSPS) is 12.4. The van der Waals surface area contributed by atoms with Crippen molar-refractivity contribution in [2.24, 2.45) is 0 Å². The van der Waals surface area contributed by atoms with Gasteiger partial charge in [-0.05, 0) is 39.8 Å². The van der Waals surface area contributed by atoms with Gasteiger partial charge in [0.25, 0.3) is 5.91 Å². The summed E-state index contributed by atoms with van der Waals surface area (Å²) in [5.41, 5.74) is -0.573. The highest BCUT2D eigenvalue weighted by Gasteiger charge is 2.22. The maximum atomic E-state index is 11.7. The van der Waals surface area contributed by atoms with Gasteiger partial charge in [-0.15, -0.1) is 0 Å². The Kier molecular flexibility index (Phi) is 5.55. The van der Waals surface area contributed by atoms with Crippen molar-refractivity contribution in [2.75, 3.05) is 6.61 Å². The Morgan fingerprint density at radius 1 is 1.20 bits per heavy atom. The van der Waals surface area contributed by atoms with Gasteiger partial charge in [-0.2, -0.15) is 0 Å². The van der Waals surface area contributed by atoms with E-state index >= 15 is 0 Å². The molecule has 1 N–H and O–H groups in total. The van der Waals surface area contributed by atoms with E-state index in [0.717, 1.165) is 0 Å². The SMILES string of the molecule is C[C@H](NC(=O)COc1ccccc1)C(=O)OC(C)(C)C. The number of carbonyl (C=O) groups excluding carboxylic acids is 2. The molecule has 0 aromatic heterocycles. The molecule has 1 amide bonds. The molecule has 110 valence electrons. The van der Waals surface area contributed by atoms with Crippen LogP contribution in [0.25, 0.3) is 0 Å². The molecule has 5 heteroatoms. The predicted molar refractivity (Wildman–Crippen MR) is 75.4 cm³/mol. The quantitative estimate of drug-likeness (QED) is 0.836. The van der Waals surface area contributed by atoms with Crippen molar-refractivity contribution in [3.8, 4) is 5.75 Å². The largest absolute Gasteiger partial charge is 0.484 e. The Balaban J connectivity index is 2.36. The van der Waals surface area contributed by atoms with Gasteiger partial charge in [-0.1, -0.05) is 18.2 Å². The number of rotatable bonds is 5. The van der Waals surface area contributed by atoms with Crippen LogP contribution in [0.4, 0.5) is 0 Å². The third-order valence-corrected chi connectivity index (χ3v) is 2.25. The minimum absolute atomic E-state index is 0.142. The predicted octanol–water partition coefficient (Wildman–Crippen LogP) is 1.91. The molecular weight excluding hydrogens is 258 g/mol. The molecule has 0 radical (unpaired) electrons. The van der Waals surface area contributed by atoms with Crippen LogP contribution in [-0.4, -0.2) is 30.1 Å². The third kappa shape index (κ3) is 6.22. The van der Waals surface area contributed by atoms with Gasteiger partial charge >= 0.3 is 5.97 Å². The minimum atomic E-state index is -0.707. The van der Waals surface area contributed by atoms with Gasteiger partial charge in [0, 0.05) is 0 Å². The Hall–Kier alpha value is -2.04. The van der Waals surface area contributed by atoms with Crippen LogP contribution in [0.1, 0.15) is 27.7 Å². The number of ether oxygens (including phenoxy) is 2. The van der Waals surface area contributed by atoms with Gasteiger partial charge in [0.05, 0.1) is 0 Å². The van der Waals surface area contributed by atoms with Crippen molar-refractivity contribution in [3.63, 3.8) is 0 Å². The second-order valence-electron chi connectivity index (χ2n) is 5.42. The Bertz CT molecular complexity index is 451. The average Bonchev–Trinajstić information content (AvgIpc) is 2.35. The summed E-state index contributed by atoms with van der Waals surface area (Å²) in [7, 11) is 0. The molecular formula is C15H21NO4. The molecule has 0 unspecified atom stereocenters. The fraction of sp³-hybridized carbons (Fsp3) is 0.467. The van der Waals surface area contributed by atoms with Crippen molar-refractivity contribution in [2.45, 2.75) is 39.3 Å². The first kappa shape index (κ1) is 16.0. The molecule has 0 spiro atoms. The first-order valence-electron chi connectivity index (χ1n) is 6.48. The van der Waals surface area contributed by atoms with E-state index in [-0.39, 0.29) is 12.5 Å². The van der Waals surface area contributed by atoms with E-state index in [2.05, 4.69) is 5.32 Å². The number of carbonyl (C=O) groups is 2. The number of benzene rings is 1. The summed E-state index contributed by atoms with van der Waals surface area (Å²) in [6.07, 6.45) is 0. The zero-order valence-electron chi connectivity index (χ0n) is 12.3. The standard InChI is InChI=1S/C15H21NO4/c1-11(14(18)20-15(2,3)4)16-13(17)10-19-12-8-6-5-7-9-12/h5-9,11H,10H2,1-4H3,(H,16,17)/t11-/m0/s1. The molecule has 0 saturated heterocycles. The molecule has 0 saturated carbocycles. The van der Waals surface area contributed by atoms with Crippen LogP contribution in [0.15, 0.2) is 30.3 Å². The summed E-state index contributed by atoms with van der Waals surface area (Å²) in [5, 5.41) is 2.53. The summed E-state index contributed by atoms with van der Waals surface area (Å²) in [4.78, 5) is 23.3. The van der Waals surface area contributed by atoms with Crippen molar-refractivity contribution >= 4 is 11.9 Å². The number of nitrogens with one attached hydrogen (secondary N) is 1. The molecule has 1 aromatic rings. The molecule has 1 atom stereocenters. The fourth-order valence-electron chi connectivity index (χ4n) is 1.40. The van der Waals surface area contributed by atoms with Crippen LogP contribution in [-0.2, 0) is 14.3 Å². The highest BCUT2D eigenvalue weighted by molar-refractivity contribution is 5.85. The smallest absolute Gasteiger partial charge is 0.328 e. The van der Waals surface area contributed by atoms with Gasteiger partial charge in [0.15, 0.2) is 6.61 Å². The van der Waals surface area contributed by atoms with Crippen molar-refractivity contribution in [1.29, 1.82) is 0 Å². The lowest BCUT2D eigenvalue weighted by Gasteiger charge is -2.22. The Morgan fingerprint density at radius 3 is 2.35 bits per heavy atom. The van der Waals surface area contributed by atoms with Crippen molar-refractivity contribution in [1.82, 2.24) is 5.32 Å². The van der Waals surface area contributed by atoms with Crippen LogP contribution in [0, 0.1) is 0 Å². The van der Waals surface area contributed by atoms with E-state index in [1.807, 2.05) is 18.2 Å². The second-order valence-corrected chi connectivity index (χ2v) is 5.42. The highest BCUT2D eigenvalue weighted by atomic mass is 16.6. The molecule has 0 heterocycles. The molecule has 0 aliphatic carbocycles.